The molecule has 1 saturated carbocycles. The van der Waals surface area contributed by atoms with E-state index in [0.717, 1.165) is 31.6 Å². The molecule has 2 atom stereocenters. The zero-order chi connectivity index (χ0) is 19.2. The zero-order valence-electron chi connectivity index (χ0n) is 15.3. The molecule has 0 unspecified atom stereocenters. The van der Waals surface area contributed by atoms with Crippen LogP contribution in [0.4, 0.5) is 4.39 Å². The van der Waals surface area contributed by atoms with E-state index < -0.39 is 5.82 Å². The van der Waals surface area contributed by atoms with Crippen molar-refractivity contribution in [2.75, 3.05) is 7.11 Å². The van der Waals surface area contributed by atoms with Crippen LogP contribution in [0.5, 0.6) is 5.75 Å². The van der Waals surface area contributed by atoms with Crippen LogP contribution in [0.2, 0.25) is 5.02 Å². The van der Waals surface area contributed by atoms with E-state index in [1.165, 1.54) is 17.7 Å². The van der Waals surface area contributed by atoms with E-state index in [2.05, 4.69) is 16.7 Å². The second-order valence-corrected chi connectivity index (χ2v) is 7.40. The Morgan fingerprint density at radius 1 is 1.19 bits per heavy atom. The van der Waals surface area contributed by atoms with Gasteiger partial charge in [0.05, 0.1) is 13.5 Å². The third-order valence-corrected chi connectivity index (χ3v) is 5.03. The number of ether oxygens (including phenoxy) is 1. The molecule has 144 valence electrons. The Morgan fingerprint density at radius 3 is 2.78 bits per heavy atom. The van der Waals surface area contributed by atoms with Crippen LogP contribution >= 0.6 is 11.6 Å². The highest BCUT2D eigenvalue weighted by Gasteiger charge is 2.25. The predicted octanol–water partition coefficient (Wildman–Crippen LogP) is 3.86. The maximum Gasteiger partial charge on any atom is 0.224 e. The van der Waals surface area contributed by atoms with E-state index in [4.69, 9.17) is 16.3 Å². The smallest absolute Gasteiger partial charge is 0.224 e. The molecule has 0 radical (unpaired) electrons. The van der Waals surface area contributed by atoms with Crippen LogP contribution < -0.4 is 15.4 Å². The highest BCUT2D eigenvalue weighted by molar-refractivity contribution is 6.30. The van der Waals surface area contributed by atoms with Crippen LogP contribution in [-0.2, 0) is 17.8 Å². The number of benzene rings is 2. The monoisotopic (exact) mass is 390 g/mol. The first-order chi connectivity index (χ1) is 13.0. The van der Waals surface area contributed by atoms with Crippen molar-refractivity contribution in [3.05, 3.63) is 64.4 Å². The summed E-state index contributed by atoms with van der Waals surface area (Å²) >= 11 is 5.84. The molecule has 2 aromatic carbocycles. The van der Waals surface area contributed by atoms with Crippen molar-refractivity contribution in [3.8, 4) is 5.75 Å². The lowest BCUT2D eigenvalue weighted by molar-refractivity contribution is -0.121. The minimum atomic E-state index is -0.423. The molecule has 0 saturated heterocycles. The number of rotatable bonds is 7. The predicted molar refractivity (Wildman–Crippen MR) is 105 cm³/mol. The number of nitrogens with one attached hydrogen (secondary N) is 2. The molecule has 1 fully saturated rings. The fourth-order valence-electron chi connectivity index (χ4n) is 3.52. The van der Waals surface area contributed by atoms with Gasteiger partial charge < -0.3 is 15.4 Å². The molecule has 1 amide bonds. The van der Waals surface area contributed by atoms with Crippen LogP contribution in [0.3, 0.4) is 0 Å². The van der Waals surface area contributed by atoms with Gasteiger partial charge in [0.2, 0.25) is 5.91 Å². The van der Waals surface area contributed by atoms with E-state index >= 15 is 0 Å². The van der Waals surface area contributed by atoms with E-state index in [-0.39, 0.29) is 18.4 Å². The van der Waals surface area contributed by atoms with Gasteiger partial charge in [-0.05, 0) is 60.7 Å². The number of methoxy groups -OCH3 is 1. The van der Waals surface area contributed by atoms with E-state index in [0.29, 0.717) is 16.6 Å². The van der Waals surface area contributed by atoms with Crippen molar-refractivity contribution in [3.63, 3.8) is 0 Å². The molecule has 0 aliphatic heterocycles. The van der Waals surface area contributed by atoms with Gasteiger partial charge in [-0.3, -0.25) is 4.79 Å². The van der Waals surface area contributed by atoms with Gasteiger partial charge in [0.1, 0.15) is 11.6 Å². The topological polar surface area (TPSA) is 50.4 Å². The highest BCUT2D eigenvalue weighted by atomic mass is 35.5. The summed E-state index contributed by atoms with van der Waals surface area (Å²) in [5.74, 6) is 0.325. The third kappa shape index (κ3) is 5.94. The van der Waals surface area contributed by atoms with Crippen LogP contribution in [0.25, 0.3) is 0 Å². The molecule has 0 aromatic heterocycles. The first-order valence-corrected chi connectivity index (χ1v) is 9.50. The molecule has 6 heteroatoms. The van der Waals surface area contributed by atoms with Crippen molar-refractivity contribution in [1.29, 1.82) is 0 Å². The molecule has 1 aliphatic carbocycles. The Bertz CT molecular complexity index is 779. The van der Waals surface area contributed by atoms with E-state index in [1.54, 1.807) is 13.2 Å². The standard InChI is InChI=1S/C21H24ClFN2O2/c1-27-20-4-2-3-14(9-20)13-24-18-5-6-19(12-18)25-21(26)10-15-7-16(22)11-17(23)8-15/h2-4,7-9,11,18-19,24H,5-6,10,12-13H2,1H3,(H,25,26)/t18-,19+/m1/s1. The average molecular weight is 391 g/mol. The van der Waals surface area contributed by atoms with E-state index in [9.17, 15) is 9.18 Å². The molecule has 0 spiro atoms. The normalized spacial score (nSPS) is 19.1. The number of carbonyl (C=O) groups excluding carboxylic acids is 1. The molecule has 2 aromatic rings. The summed E-state index contributed by atoms with van der Waals surface area (Å²) in [7, 11) is 1.66. The summed E-state index contributed by atoms with van der Waals surface area (Å²) in [5.41, 5.74) is 1.76. The lowest BCUT2D eigenvalue weighted by Gasteiger charge is -2.15. The largest absolute Gasteiger partial charge is 0.497 e. The SMILES string of the molecule is COc1cccc(CN[C@@H]2CC[C@H](NC(=O)Cc3cc(F)cc(Cl)c3)C2)c1. The summed E-state index contributed by atoms with van der Waals surface area (Å²) < 4.78 is 18.6. The van der Waals surface area contributed by atoms with Gasteiger partial charge in [-0.2, -0.15) is 0 Å². The van der Waals surface area contributed by atoms with Crippen molar-refractivity contribution < 1.29 is 13.9 Å². The fourth-order valence-corrected chi connectivity index (χ4v) is 3.76. The molecular formula is C21H24ClFN2O2. The molecule has 27 heavy (non-hydrogen) atoms. The Hall–Kier alpha value is -2.11. The number of hydrogen-bond acceptors (Lipinski definition) is 3. The van der Waals surface area contributed by atoms with Gasteiger partial charge in [-0.25, -0.2) is 4.39 Å². The Balaban J connectivity index is 1.44. The molecular weight excluding hydrogens is 367 g/mol. The first-order valence-electron chi connectivity index (χ1n) is 9.12. The minimum absolute atomic E-state index is 0.102. The van der Waals surface area contributed by atoms with Crippen molar-refractivity contribution in [1.82, 2.24) is 10.6 Å². The second-order valence-electron chi connectivity index (χ2n) is 6.96. The van der Waals surface area contributed by atoms with Crippen LogP contribution in [0, 0.1) is 5.82 Å². The van der Waals surface area contributed by atoms with Crippen LogP contribution in [0.15, 0.2) is 42.5 Å². The first kappa shape index (κ1) is 19.6. The Morgan fingerprint density at radius 2 is 2.00 bits per heavy atom. The minimum Gasteiger partial charge on any atom is -0.497 e. The third-order valence-electron chi connectivity index (χ3n) is 4.81. The fraction of sp³-hybridized carbons (Fsp3) is 0.381. The molecule has 4 nitrogen and oxygen atoms in total. The van der Waals surface area contributed by atoms with Crippen molar-refractivity contribution in [2.24, 2.45) is 0 Å². The average Bonchev–Trinajstić information content (AvgIpc) is 3.06. The maximum absolute atomic E-state index is 13.4. The van der Waals surface area contributed by atoms with E-state index in [1.807, 2.05) is 18.2 Å². The maximum atomic E-state index is 13.4. The van der Waals surface area contributed by atoms with Crippen LogP contribution in [-0.4, -0.2) is 25.1 Å². The lowest BCUT2D eigenvalue weighted by Crippen LogP contribution is -2.36. The van der Waals surface area contributed by atoms with Gasteiger partial charge in [0.25, 0.3) is 0 Å². The van der Waals surface area contributed by atoms with Gasteiger partial charge >= 0.3 is 0 Å². The van der Waals surface area contributed by atoms with Gasteiger partial charge in [0.15, 0.2) is 0 Å². The zero-order valence-corrected chi connectivity index (χ0v) is 16.1. The summed E-state index contributed by atoms with van der Waals surface area (Å²) in [5, 5.41) is 6.90. The quantitative estimate of drug-likeness (QED) is 0.754. The van der Waals surface area contributed by atoms with Gasteiger partial charge in [-0.15, -0.1) is 0 Å². The summed E-state index contributed by atoms with van der Waals surface area (Å²) in [6, 6.07) is 12.7. The lowest BCUT2D eigenvalue weighted by atomic mass is 10.1. The molecule has 3 rings (SSSR count). The highest BCUT2D eigenvalue weighted by Crippen LogP contribution is 2.21. The number of halogens is 2. The molecule has 1 aliphatic rings. The molecule has 2 N–H and O–H groups in total. The Labute approximate surface area is 164 Å². The van der Waals surface area contributed by atoms with Crippen LogP contribution in [0.1, 0.15) is 30.4 Å². The summed E-state index contributed by atoms with van der Waals surface area (Å²) in [4.78, 5) is 12.2. The number of hydrogen-bond donors (Lipinski definition) is 2. The number of amides is 1. The van der Waals surface area contributed by atoms with Crippen molar-refractivity contribution in [2.45, 2.75) is 44.3 Å². The van der Waals surface area contributed by atoms with Crippen molar-refractivity contribution >= 4 is 17.5 Å². The van der Waals surface area contributed by atoms with Gasteiger partial charge in [0, 0.05) is 23.7 Å². The molecule has 0 bridgehead atoms. The second kappa shape index (κ2) is 9.20. The molecule has 0 heterocycles. The Kier molecular flexibility index (Phi) is 6.69. The summed E-state index contributed by atoms with van der Waals surface area (Å²) in [6.45, 7) is 0.768. The number of carbonyl (C=O) groups is 1. The van der Waals surface area contributed by atoms with Gasteiger partial charge in [-0.1, -0.05) is 23.7 Å². The summed E-state index contributed by atoms with van der Waals surface area (Å²) in [6.07, 6.45) is 2.97.